The maximum atomic E-state index is 5.22. The summed E-state index contributed by atoms with van der Waals surface area (Å²) in [6, 6.07) is 4.40. The van der Waals surface area contributed by atoms with Crippen molar-refractivity contribution in [3.63, 3.8) is 0 Å². The van der Waals surface area contributed by atoms with Crippen LogP contribution in [0.5, 0.6) is 0 Å². The number of nitrogens with zero attached hydrogens (tertiary/aromatic N) is 3. The molecule has 2 aromatic rings. The largest absolute Gasteiger partial charge is 0.296 e. The van der Waals surface area contributed by atoms with Crippen LogP contribution in [-0.4, -0.2) is 19.7 Å². The van der Waals surface area contributed by atoms with Crippen LogP contribution in [0, 0.1) is 4.77 Å². The van der Waals surface area contributed by atoms with Gasteiger partial charge in [0.15, 0.2) is 10.6 Å². The molecule has 1 N–H and O–H groups in total. The van der Waals surface area contributed by atoms with Crippen molar-refractivity contribution in [1.82, 2.24) is 19.7 Å². The monoisotopic (exact) mass is 296 g/mol. The molecule has 0 spiro atoms. The Morgan fingerprint density at radius 2 is 2.25 bits per heavy atom. The average molecular weight is 297 g/mol. The maximum Gasteiger partial charge on any atom is 0.195 e. The molecule has 0 atom stereocenters. The van der Waals surface area contributed by atoms with E-state index in [1.54, 1.807) is 6.20 Å². The number of aromatic amines is 1. The molecule has 3 rings (SSSR count). The van der Waals surface area contributed by atoms with Crippen LogP contribution in [0.25, 0.3) is 11.5 Å². The van der Waals surface area contributed by atoms with E-state index in [1.165, 1.54) is 12.8 Å². The summed E-state index contributed by atoms with van der Waals surface area (Å²) in [4.78, 5) is 4.34. The SMILES string of the molecule is S=c1[nH]nc(-c2ccc(Br)cn2)n1C1CC1. The fraction of sp³-hybridized carbons (Fsp3) is 0.300. The lowest BCUT2D eigenvalue weighted by molar-refractivity contribution is 0.733. The van der Waals surface area contributed by atoms with Gasteiger partial charge >= 0.3 is 0 Å². The number of rotatable bonds is 2. The average Bonchev–Trinajstić information content (AvgIpc) is 3.04. The van der Waals surface area contributed by atoms with Gasteiger partial charge in [0.2, 0.25) is 0 Å². The third kappa shape index (κ3) is 1.72. The topological polar surface area (TPSA) is 46.5 Å². The number of halogens is 1. The lowest BCUT2D eigenvalue weighted by Crippen LogP contribution is -1.98. The molecule has 0 unspecified atom stereocenters. The third-order valence-electron chi connectivity index (χ3n) is 2.57. The van der Waals surface area contributed by atoms with Crippen LogP contribution in [0.1, 0.15) is 18.9 Å². The summed E-state index contributed by atoms with van der Waals surface area (Å²) < 4.78 is 3.71. The van der Waals surface area contributed by atoms with Crippen LogP contribution in [0.2, 0.25) is 0 Å². The molecule has 0 amide bonds. The van der Waals surface area contributed by atoms with Crippen molar-refractivity contribution >= 4 is 28.1 Å². The Kier molecular flexibility index (Phi) is 2.40. The van der Waals surface area contributed by atoms with Crippen molar-refractivity contribution in [3.05, 3.63) is 27.6 Å². The van der Waals surface area contributed by atoms with Gasteiger partial charge < -0.3 is 0 Å². The van der Waals surface area contributed by atoms with Crippen LogP contribution >= 0.6 is 28.1 Å². The Balaban J connectivity index is 2.12. The van der Waals surface area contributed by atoms with E-state index < -0.39 is 0 Å². The van der Waals surface area contributed by atoms with E-state index >= 15 is 0 Å². The number of nitrogens with one attached hydrogen (secondary N) is 1. The molecule has 82 valence electrons. The lowest BCUT2D eigenvalue weighted by atomic mass is 10.3. The Labute approximate surface area is 106 Å². The molecule has 2 aromatic heterocycles. The van der Waals surface area contributed by atoms with Crippen molar-refractivity contribution in [2.45, 2.75) is 18.9 Å². The number of pyridine rings is 1. The minimum Gasteiger partial charge on any atom is -0.296 e. The van der Waals surface area contributed by atoms with Gasteiger partial charge in [0.05, 0.1) is 0 Å². The lowest BCUT2D eigenvalue weighted by Gasteiger charge is -2.03. The molecule has 6 heteroatoms. The van der Waals surface area contributed by atoms with Crippen molar-refractivity contribution < 1.29 is 0 Å². The minimum absolute atomic E-state index is 0.506. The molecule has 4 nitrogen and oxygen atoms in total. The second kappa shape index (κ2) is 3.78. The van der Waals surface area contributed by atoms with Gasteiger partial charge in [-0.05, 0) is 53.1 Å². The van der Waals surface area contributed by atoms with Gasteiger partial charge in [-0.2, -0.15) is 5.10 Å². The first-order valence-corrected chi connectivity index (χ1v) is 6.24. The molecule has 0 bridgehead atoms. The summed E-state index contributed by atoms with van der Waals surface area (Å²) in [5, 5.41) is 7.08. The third-order valence-corrected chi connectivity index (χ3v) is 3.33. The first kappa shape index (κ1) is 10.2. The molecule has 1 saturated carbocycles. The van der Waals surface area contributed by atoms with Crippen LogP contribution in [0.4, 0.5) is 0 Å². The Morgan fingerprint density at radius 3 is 2.88 bits per heavy atom. The molecule has 1 fully saturated rings. The predicted molar refractivity (Wildman–Crippen MR) is 66.6 cm³/mol. The second-order valence-electron chi connectivity index (χ2n) is 3.82. The zero-order valence-electron chi connectivity index (χ0n) is 8.35. The number of H-pyrrole nitrogens is 1. The number of hydrogen-bond donors (Lipinski definition) is 1. The standard InChI is InChI=1S/C10H9BrN4S/c11-6-1-4-8(12-5-6)9-13-14-10(16)15(9)7-2-3-7/h1,4-5,7H,2-3H2,(H,14,16). The summed E-state index contributed by atoms with van der Waals surface area (Å²) in [6.45, 7) is 0. The highest BCUT2D eigenvalue weighted by atomic mass is 79.9. The number of aromatic nitrogens is 4. The van der Waals surface area contributed by atoms with Gasteiger partial charge in [-0.25, -0.2) is 0 Å². The predicted octanol–water partition coefficient (Wildman–Crippen LogP) is 3.10. The Hall–Kier alpha value is -1.01. The van der Waals surface area contributed by atoms with E-state index in [2.05, 4.69) is 35.7 Å². The summed E-state index contributed by atoms with van der Waals surface area (Å²) in [5.74, 6) is 0.833. The molecule has 0 aromatic carbocycles. The van der Waals surface area contributed by atoms with E-state index in [0.29, 0.717) is 10.8 Å². The van der Waals surface area contributed by atoms with Crippen LogP contribution in [0.15, 0.2) is 22.8 Å². The highest BCUT2D eigenvalue weighted by Gasteiger charge is 2.27. The van der Waals surface area contributed by atoms with E-state index in [-0.39, 0.29) is 0 Å². The molecule has 0 radical (unpaired) electrons. The van der Waals surface area contributed by atoms with Crippen LogP contribution in [0.3, 0.4) is 0 Å². The fourth-order valence-corrected chi connectivity index (χ4v) is 2.18. The molecule has 1 aliphatic rings. The van der Waals surface area contributed by atoms with Gasteiger partial charge in [0.1, 0.15) is 5.69 Å². The van der Waals surface area contributed by atoms with E-state index in [9.17, 15) is 0 Å². The van der Waals surface area contributed by atoms with Crippen molar-refractivity contribution in [2.75, 3.05) is 0 Å². The zero-order chi connectivity index (χ0) is 11.1. The van der Waals surface area contributed by atoms with Crippen molar-refractivity contribution in [3.8, 4) is 11.5 Å². The van der Waals surface area contributed by atoms with Gasteiger partial charge in [0, 0.05) is 16.7 Å². The van der Waals surface area contributed by atoms with E-state index in [1.807, 2.05) is 12.1 Å². The van der Waals surface area contributed by atoms with E-state index in [4.69, 9.17) is 12.2 Å². The van der Waals surface area contributed by atoms with Gasteiger partial charge in [-0.15, -0.1) is 0 Å². The molecule has 0 saturated heterocycles. The molecule has 2 heterocycles. The number of hydrogen-bond acceptors (Lipinski definition) is 3. The Bertz CT molecular complexity index is 567. The second-order valence-corrected chi connectivity index (χ2v) is 5.12. The van der Waals surface area contributed by atoms with Gasteiger partial charge in [-0.3, -0.25) is 14.6 Å². The highest BCUT2D eigenvalue weighted by Crippen LogP contribution is 2.37. The first-order chi connectivity index (χ1) is 7.75. The fourth-order valence-electron chi connectivity index (χ4n) is 1.66. The van der Waals surface area contributed by atoms with Crippen LogP contribution in [-0.2, 0) is 0 Å². The molecular formula is C10H9BrN4S. The van der Waals surface area contributed by atoms with Crippen LogP contribution < -0.4 is 0 Å². The van der Waals surface area contributed by atoms with Crippen molar-refractivity contribution in [1.29, 1.82) is 0 Å². The first-order valence-electron chi connectivity index (χ1n) is 5.04. The zero-order valence-corrected chi connectivity index (χ0v) is 10.8. The molecule has 1 aliphatic carbocycles. The van der Waals surface area contributed by atoms with Gasteiger partial charge in [-0.1, -0.05) is 0 Å². The highest BCUT2D eigenvalue weighted by molar-refractivity contribution is 9.10. The van der Waals surface area contributed by atoms with E-state index in [0.717, 1.165) is 16.0 Å². The molecular weight excluding hydrogens is 288 g/mol. The summed E-state index contributed by atoms with van der Waals surface area (Å²) in [7, 11) is 0. The maximum absolute atomic E-state index is 5.22. The summed E-state index contributed by atoms with van der Waals surface area (Å²) >= 11 is 8.59. The minimum atomic E-state index is 0.506. The van der Waals surface area contributed by atoms with Crippen molar-refractivity contribution in [2.24, 2.45) is 0 Å². The normalized spacial score (nSPS) is 15.3. The smallest absolute Gasteiger partial charge is 0.195 e. The van der Waals surface area contributed by atoms with Gasteiger partial charge in [0.25, 0.3) is 0 Å². The Morgan fingerprint density at radius 1 is 1.44 bits per heavy atom. The quantitative estimate of drug-likeness (QED) is 0.866. The molecule has 16 heavy (non-hydrogen) atoms. The summed E-state index contributed by atoms with van der Waals surface area (Å²) in [6.07, 6.45) is 4.12. The summed E-state index contributed by atoms with van der Waals surface area (Å²) in [5.41, 5.74) is 0.849. The molecule has 0 aliphatic heterocycles.